The summed E-state index contributed by atoms with van der Waals surface area (Å²) in [6.07, 6.45) is 0. The molecular formula is C9H15N3O2. The van der Waals surface area contributed by atoms with Crippen molar-refractivity contribution in [2.24, 2.45) is 5.73 Å². The molecule has 5 nitrogen and oxygen atoms in total. The molecule has 1 atom stereocenters. The smallest absolute Gasteiger partial charge is 0.285 e. The number of nitrogens with two attached hydrogens (primary N) is 1. The van der Waals surface area contributed by atoms with Crippen LogP contribution in [0.15, 0.2) is 4.42 Å². The first-order chi connectivity index (χ1) is 6.32. The first-order valence-corrected chi connectivity index (χ1v) is 4.46. The number of rotatable bonds is 2. The van der Waals surface area contributed by atoms with Crippen molar-refractivity contribution < 1.29 is 9.21 Å². The van der Waals surface area contributed by atoms with Crippen LogP contribution in [-0.4, -0.2) is 22.0 Å². The molecule has 0 saturated carbocycles. The van der Waals surface area contributed by atoms with Gasteiger partial charge in [0.15, 0.2) is 0 Å². The number of hydrogen-bond acceptors (Lipinski definition) is 5. The SMILES string of the molecule is CC(N)C(=O)c1nnc(C(C)(C)C)o1. The van der Waals surface area contributed by atoms with Gasteiger partial charge in [-0.3, -0.25) is 4.79 Å². The lowest BCUT2D eigenvalue weighted by Crippen LogP contribution is -2.26. The van der Waals surface area contributed by atoms with Crippen LogP contribution in [0.25, 0.3) is 0 Å². The Hall–Kier alpha value is -1.23. The molecule has 2 N–H and O–H groups in total. The van der Waals surface area contributed by atoms with Crippen LogP contribution in [0, 0.1) is 0 Å². The van der Waals surface area contributed by atoms with Crippen molar-refractivity contribution in [1.29, 1.82) is 0 Å². The lowest BCUT2D eigenvalue weighted by Gasteiger charge is -2.10. The zero-order valence-corrected chi connectivity index (χ0v) is 8.87. The highest BCUT2D eigenvalue weighted by atomic mass is 16.4. The third-order valence-corrected chi connectivity index (χ3v) is 1.69. The van der Waals surface area contributed by atoms with Crippen LogP contribution in [-0.2, 0) is 5.41 Å². The van der Waals surface area contributed by atoms with Crippen LogP contribution in [0.5, 0.6) is 0 Å². The zero-order valence-electron chi connectivity index (χ0n) is 8.87. The van der Waals surface area contributed by atoms with Crippen LogP contribution in [0.4, 0.5) is 0 Å². The molecule has 1 aromatic heterocycles. The van der Waals surface area contributed by atoms with E-state index in [4.69, 9.17) is 10.2 Å². The molecule has 1 unspecified atom stereocenters. The van der Waals surface area contributed by atoms with Crippen molar-refractivity contribution in [3.8, 4) is 0 Å². The Morgan fingerprint density at radius 2 is 2.00 bits per heavy atom. The molecule has 1 aromatic rings. The largest absolute Gasteiger partial charge is 0.418 e. The molecule has 0 bridgehead atoms. The molecule has 1 rings (SSSR count). The van der Waals surface area contributed by atoms with Crippen LogP contribution >= 0.6 is 0 Å². The number of Topliss-reactive ketones (excluding diaryl/α,β-unsaturated/α-hetero) is 1. The van der Waals surface area contributed by atoms with Crippen LogP contribution in [0.1, 0.15) is 44.3 Å². The first-order valence-electron chi connectivity index (χ1n) is 4.46. The van der Waals surface area contributed by atoms with E-state index in [0.29, 0.717) is 5.89 Å². The van der Waals surface area contributed by atoms with Gasteiger partial charge in [0.25, 0.3) is 5.89 Å². The van der Waals surface area contributed by atoms with Gasteiger partial charge in [0.05, 0.1) is 6.04 Å². The predicted molar refractivity (Wildman–Crippen MR) is 51.0 cm³/mol. The maximum atomic E-state index is 11.4. The van der Waals surface area contributed by atoms with Gasteiger partial charge in [-0.2, -0.15) is 0 Å². The van der Waals surface area contributed by atoms with Gasteiger partial charge < -0.3 is 10.2 Å². The molecule has 1 heterocycles. The molecule has 0 saturated heterocycles. The van der Waals surface area contributed by atoms with E-state index in [0.717, 1.165) is 0 Å². The maximum absolute atomic E-state index is 11.4. The van der Waals surface area contributed by atoms with Gasteiger partial charge in [0.1, 0.15) is 0 Å². The van der Waals surface area contributed by atoms with E-state index in [1.165, 1.54) is 0 Å². The van der Waals surface area contributed by atoms with Crippen molar-refractivity contribution in [1.82, 2.24) is 10.2 Å². The first kappa shape index (κ1) is 10.8. The predicted octanol–water partition coefficient (Wildman–Crippen LogP) is 0.897. The van der Waals surface area contributed by atoms with Gasteiger partial charge >= 0.3 is 0 Å². The van der Waals surface area contributed by atoms with Gasteiger partial charge in [-0.25, -0.2) is 0 Å². The highest BCUT2D eigenvalue weighted by Crippen LogP contribution is 2.20. The van der Waals surface area contributed by atoms with E-state index in [1.807, 2.05) is 20.8 Å². The van der Waals surface area contributed by atoms with Crippen molar-refractivity contribution in [2.45, 2.75) is 39.2 Å². The molecule has 0 aromatic carbocycles. The number of carbonyl (C=O) groups excluding carboxylic acids is 1. The second kappa shape index (κ2) is 3.49. The second-order valence-electron chi connectivity index (χ2n) is 4.32. The van der Waals surface area contributed by atoms with Crippen molar-refractivity contribution >= 4 is 5.78 Å². The number of ketones is 1. The molecule has 0 aliphatic rings. The maximum Gasteiger partial charge on any atom is 0.285 e. The highest BCUT2D eigenvalue weighted by Gasteiger charge is 2.24. The Kier molecular flexibility index (Phi) is 2.71. The normalized spacial score (nSPS) is 14.1. The lowest BCUT2D eigenvalue weighted by molar-refractivity contribution is 0.0930. The Balaban J connectivity index is 2.95. The molecule has 5 heteroatoms. The average molecular weight is 197 g/mol. The third kappa shape index (κ3) is 2.17. The Bertz CT molecular complexity index is 336. The van der Waals surface area contributed by atoms with Crippen molar-refractivity contribution in [3.05, 3.63) is 11.8 Å². The summed E-state index contributed by atoms with van der Waals surface area (Å²) in [6.45, 7) is 7.38. The summed E-state index contributed by atoms with van der Waals surface area (Å²) in [7, 11) is 0. The second-order valence-corrected chi connectivity index (χ2v) is 4.32. The molecule has 0 spiro atoms. The number of nitrogens with zero attached hydrogens (tertiary/aromatic N) is 2. The Morgan fingerprint density at radius 1 is 1.43 bits per heavy atom. The molecular weight excluding hydrogens is 182 g/mol. The molecule has 0 aliphatic carbocycles. The van der Waals surface area contributed by atoms with E-state index < -0.39 is 6.04 Å². The number of aromatic nitrogens is 2. The van der Waals surface area contributed by atoms with E-state index >= 15 is 0 Å². The van der Waals surface area contributed by atoms with Crippen LogP contribution < -0.4 is 5.73 Å². The highest BCUT2D eigenvalue weighted by molar-refractivity contribution is 5.95. The van der Waals surface area contributed by atoms with Gasteiger partial charge in [-0.1, -0.05) is 20.8 Å². The van der Waals surface area contributed by atoms with Crippen LogP contribution in [0.2, 0.25) is 0 Å². The molecule has 14 heavy (non-hydrogen) atoms. The van der Waals surface area contributed by atoms with Gasteiger partial charge in [-0.15, -0.1) is 10.2 Å². The zero-order chi connectivity index (χ0) is 10.9. The summed E-state index contributed by atoms with van der Waals surface area (Å²) in [5.74, 6) is 0.111. The van der Waals surface area contributed by atoms with Crippen LogP contribution in [0.3, 0.4) is 0 Å². The summed E-state index contributed by atoms with van der Waals surface area (Å²) >= 11 is 0. The number of hydrogen-bond donors (Lipinski definition) is 1. The minimum Gasteiger partial charge on any atom is -0.418 e. The van der Waals surface area contributed by atoms with Crippen molar-refractivity contribution in [2.75, 3.05) is 0 Å². The third-order valence-electron chi connectivity index (χ3n) is 1.69. The summed E-state index contributed by atoms with van der Waals surface area (Å²) in [6, 6.07) is -0.608. The van der Waals surface area contributed by atoms with E-state index in [1.54, 1.807) is 6.92 Å². The average Bonchev–Trinajstić information content (AvgIpc) is 2.49. The summed E-state index contributed by atoms with van der Waals surface area (Å²) in [5.41, 5.74) is 5.16. The van der Waals surface area contributed by atoms with E-state index in [2.05, 4.69) is 10.2 Å². The van der Waals surface area contributed by atoms with Gasteiger partial charge in [0.2, 0.25) is 11.7 Å². The fourth-order valence-electron chi connectivity index (χ4n) is 0.821. The lowest BCUT2D eigenvalue weighted by atomic mass is 9.97. The van der Waals surface area contributed by atoms with Gasteiger partial charge in [-0.05, 0) is 6.92 Å². The van der Waals surface area contributed by atoms with E-state index in [9.17, 15) is 4.79 Å². The Labute approximate surface area is 82.7 Å². The fraction of sp³-hybridized carbons (Fsp3) is 0.667. The monoisotopic (exact) mass is 197 g/mol. The quantitative estimate of drug-likeness (QED) is 0.712. The minimum atomic E-state index is -0.608. The molecule has 0 fully saturated rings. The topological polar surface area (TPSA) is 82.0 Å². The molecule has 0 aliphatic heterocycles. The molecule has 0 amide bonds. The minimum absolute atomic E-state index is 0.00933. The molecule has 0 radical (unpaired) electrons. The Morgan fingerprint density at radius 3 is 2.36 bits per heavy atom. The molecule has 78 valence electrons. The van der Waals surface area contributed by atoms with Gasteiger partial charge in [0, 0.05) is 5.41 Å². The standard InChI is InChI=1S/C9H15N3O2/c1-5(10)6(13)7-11-12-8(14-7)9(2,3)4/h5H,10H2,1-4H3. The van der Waals surface area contributed by atoms with E-state index in [-0.39, 0.29) is 17.1 Å². The summed E-state index contributed by atoms with van der Waals surface area (Å²) in [5, 5.41) is 7.46. The summed E-state index contributed by atoms with van der Waals surface area (Å²) in [4.78, 5) is 11.4. The number of carbonyl (C=O) groups is 1. The fourth-order valence-corrected chi connectivity index (χ4v) is 0.821. The van der Waals surface area contributed by atoms with Crippen molar-refractivity contribution in [3.63, 3.8) is 0 Å². The summed E-state index contributed by atoms with van der Waals surface area (Å²) < 4.78 is 5.22.